The summed E-state index contributed by atoms with van der Waals surface area (Å²) in [6.07, 6.45) is 2.16. The van der Waals surface area contributed by atoms with Gasteiger partial charge in [-0.05, 0) is 49.2 Å². The Hall–Kier alpha value is -3.60. The first-order chi connectivity index (χ1) is 15.2. The van der Waals surface area contributed by atoms with Gasteiger partial charge in [-0.15, -0.1) is 0 Å². The van der Waals surface area contributed by atoms with Crippen molar-refractivity contribution >= 4 is 10.9 Å². The summed E-state index contributed by atoms with van der Waals surface area (Å²) >= 11 is 0. The molecule has 3 aromatic carbocycles. The topological polar surface area (TPSA) is 56.1 Å². The number of aromatic nitrogens is 2. The molecule has 0 amide bonds. The molecule has 0 bridgehead atoms. The van der Waals surface area contributed by atoms with E-state index >= 15 is 0 Å². The predicted molar refractivity (Wildman–Crippen MR) is 126 cm³/mol. The molecule has 1 N–H and O–H groups in total. The van der Waals surface area contributed by atoms with Crippen LogP contribution in [0.25, 0.3) is 22.3 Å². The molecular formula is C26H27N3O2. The molecule has 4 rings (SSSR count). The molecule has 0 fully saturated rings. The van der Waals surface area contributed by atoms with Crippen LogP contribution in [-0.4, -0.2) is 16.3 Å². The molecule has 31 heavy (non-hydrogen) atoms. The Morgan fingerprint density at radius 2 is 1.81 bits per heavy atom. The number of nitrogens with one attached hydrogen (secondary N) is 1. The summed E-state index contributed by atoms with van der Waals surface area (Å²) in [5.74, 6) is 1.47. The quantitative estimate of drug-likeness (QED) is 0.399. The Kier molecular flexibility index (Phi) is 6.32. The Morgan fingerprint density at radius 3 is 2.58 bits per heavy atom. The fraction of sp³-hybridized carbons (Fsp3) is 0.231. The summed E-state index contributed by atoms with van der Waals surface area (Å²) in [5.41, 5.74) is 6.93. The van der Waals surface area contributed by atoms with Gasteiger partial charge in [-0.2, -0.15) is 0 Å². The van der Waals surface area contributed by atoms with Gasteiger partial charge in [-0.1, -0.05) is 61.4 Å². The average Bonchev–Trinajstić information content (AvgIpc) is 2.79. The van der Waals surface area contributed by atoms with Crippen molar-refractivity contribution in [2.75, 3.05) is 12.0 Å². The van der Waals surface area contributed by atoms with Crippen LogP contribution in [0.3, 0.4) is 0 Å². The summed E-state index contributed by atoms with van der Waals surface area (Å²) in [5, 5.41) is 0.589. The smallest absolute Gasteiger partial charge is 0.280 e. The maximum atomic E-state index is 13.3. The molecule has 1 heterocycles. The van der Waals surface area contributed by atoms with Crippen LogP contribution < -0.4 is 15.7 Å². The minimum absolute atomic E-state index is 0.110. The zero-order valence-electron chi connectivity index (χ0n) is 18.0. The third kappa shape index (κ3) is 4.77. The number of rotatable bonds is 8. The molecule has 5 heteroatoms. The number of aryl methyl sites for hydroxylation is 1. The molecule has 1 aromatic heterocycles. The van der Waals surface area contributed by atoms with E-state index in [4.69, 9.17) is 9.72 Å². The van der Waals surface area contributed by atoms with Crippen molar-refractivity contribution in [3.63, 3.8) is 0 Å². The SMILES string of the molecule is CCCCOc1ccc(CNn2c(-c3cccc(C)c3)nc3ccccc3c2=O)cc1. The molecule has 158 valence electrons. The molecule has 4 aromatic rings. The molecule has 0 aliphatic carbocycles. The van der Waals surface area contributed by atoms with E-state index in [1.54, 1.807) is 4.68 Å². The van der Waals surface area contributed by atoms with Gasteiger partial charge < -0.3 is 10.2 Å². The zero-order valence-corrected chi connectivity index (χ0v) is 18.0. The van der Waals surface area contributed by atoms with Crippen molar-refractivity contribution in [1.82, 2.24) is 9.66 Å². The number of unbranched alkanes of at least 4 members (excludes halogenated alkanes) is 1. The van der Waals surface area contributed by atoms with Crippen LogP contribution in [-0.2, 0) is 6.54 Å². The van der Waals surface area contributed by atoms with Crippen LogP contribution in [0, 0.1) is 6.92 Å². The third-order valence-corrected chi connectivity index (χ3v) is 5.18. The van der Waals surface area contributed by atoms with E-state index < -0.39 is 0 Å². The Balaban J connectivity index is 1.64. The minimum Gasteiger partial charge on any atom is -0.494 e. The number of benzene rings is 3. The van der Waals surface area contributed by atoms with E-state index in [0.29, 0.717) is 23.3 Å². The van der Waals surface area contributed by atoms with Crippen LogP contribution in [0.15, 0.2) is 77.6 Å². The molecule has 0 saturated carbocycles. The minimum atomic E-state index is -0.110. The van der Waals surface area contributed by atoms with Crippen molar-refractivity contribution < 1.29 is 4.74 Å². The molecule has 0 unspecified atom stereocenters. The van der Waals surface area contributed by atoms with Crippen molar-refractivity contribution in [3.8, 4) is 17.1 Å². The number of ether oxygens (including phenoxy) is 1. The third-order valence-electron chi connectivity index (χ3n) is 5.18. The lowest BCUT2D eigenvalue weighted by Gasteiger charge is -2.16. The lowest BCUT2D eigenvalue weighted by molar-refractivity contribution is 0.309. The maximum absolute atomic E-state index is 13.3. The van der Waals surface area contributed by atoms with E-state index in [9.17, 15) is 4.79 Å². The van der Waals surface area contributed by atoms with Gasteiger partial charge in [-0.3, -0.25) is 4.79 Å². The van der Waals surface area contributed by atoms with E-state index in [0.717, 1.165) is 41.9 Å². The normalized spacial score (nSPS) is 10.9. The lowest BCUT2D eigenvalue weighted by Crippen LogP contribution is -2.31. The highest BCUT2D eigenvalue weighted by molar-refractivity contribution is 5.79. The second-order valence-electron chi connectivity index (χ2n) is 7.64. The first-order valence-corrected chi connectivity index (χ1v) is 10.7. The van der Waals surface area contributed by atoms with Crippen molar-refractivity contribution in [1.29, 1.82) is 0 Å². The van der Waals surface area contributed by atoms with Crippen LogP contribution in [0.1, 0.15) is 30.9 Å². The number of hydrogen-bond acceptors (Lipinski definition) is 4. The fourth-order valence-corrected chi connectivity index (χ4v) is 3.47. The van der Waals surface area contributed by atoms with Crippen LogP contribution in [0.5, 0.6) is 5.75 Å². The van der Waals surface area contributed by atoms with Gasteiger partial charge in [0.05, 0.1) is 24.1 Å². The molecule has 0 radical (unpaired) electrons. The van der Waals surface area contributed by atoms with Gasteiger partial charge in [0.25, 0.3) is 5.56 Å². The van der Waals surface area contributed by atoms with E-state index in [1.807, 2.05) is 79.7 Å². The Morgan fingerprint density at radius 1 is 1.00 bits per heavy atom. The van der Waals surface area contributed by atoms with Gasteiger partial charge >= 0.3 is 0 Å². The van der Waals surface area contributed by atoms with Gasteiger partial charge in [-0.25, -0.2) is 9.66 Å². The average molecular weight is 414 g/mol. The van der Waals surface area contributed by atoms with Crippen LogP contribution in [0.4, 0.5) is 0 Å². The van der Waals surface area contributed by atoms with E-state index in [2.05, 4.69) is 12.3 Å². The number of para-hydroxylation sites is 1. The first kappa shape index (κ1) is 20.7. The van der Waals surface area contributed by atoms with Crippen LogP contribution >= 0.6 is 0 Å². The summed E-state index contributed by atoms with van der Waals surface area (Å²) in [6.45, 7) is 5.40. The number of nitrogens with zero attached hydrogens (tertiary/aromatic N) is 2. The predicted octanol–water partition coefficient (Wildman–Crippen LogP) is 5.29. The highest BCUT2D eigenvalue weighted by Crippen LogP contribution is 2.20. The van der Waals surface area contributed by atoms with Crippen molar-refractivity contribution in [2.45, 2.75) is 33.2 Å². The van der Waals surface area contributed by atoms with E-state index in [-0.39, 0.29) is 5.56 Å². The molecule has 0 spiro atoms. The van der Waals surface area contributed by atoms with Crippen LogP contribution in [0.2, 0.25) is 0 Å². The summed E-state index contributed by atoms with van der Waals surface area (Å²) in [4.78, 5) is 18.1. The summed E-state index contributed by atoms with van der Waals surface area (Å²) < 4.78 is 7.29. The molecule has 0 atom stereocenters. The largest absolute Gasteiger partial charge is 0.494 e. The van der Waals surface area contributed by atoms with Gasteiger partial charge in [0.2, 0.25) is 0 Å². The van der Waals surface area contributed by atoms with Crippen molar-refractivity contribution in [2.24, 2.45) is 0 Å². The lowest BCUT2D eigenvalue weighted by atomic mass is 10.1. The van der Waals surface area contributed by atoms with Crippen molar-refractivity contribution in [3.05, 3.63) is 94.3 Å². The number of fused-ring (bicyclic) bond motifs is 1. The van der Waals surface area contributed by atoms with Gasteiger partial charge in [0, 0.05) is 5.56 Å². The highest BCUT2D eigenvalue weighted by Gasteiger charge is 2.13. The molecule has 0 aliphatic heterocycles. The molecular weight excluding hydrogens is 386 g/mol. The second-order valence-corrected chi connectivity index (χ2v) is 7.64. The standard InChI is InChI=1S/C26H27N3O2/c1-3-4-16-31-22-14-12-20(13-15-22)18-27-29-25(21-9-7-8-19(2)17-21)28-24-11-6-5-10-23(24)26(29)30/h5-15,17,27H,3-4,16,18H2,1-2H3. The van der Waals surface area contributed by atoms with E-state index in [1.165, 1.54) is 0 Å². The highest BCUT2D eigenvalue weighted by atomic mass is 16.5. The zero-order chi connectivity index (χ0) is 21.6. The summed E-state index contributed by atoms with van der Waals surface area (Å²) in [6, 6.07) is 23.4. The monoisotopic (exact) mass is 413 g/mol. The first-order valence-electron chi connectivity index (χ1n) is 10.7. The molecule has 0 aliphatic rings. The fourth-order valence-electron chi connectivity index (χ4n) is 3.47. The van der Waals surface area contributed by atoms with Gasteiger partial charge in [0.15, 0.2) is 5.82 Å². The maximum Gasteiger partial charge on any atom is 0.280 e. The number of hydrogen-bond donors (Lipinski definition) is 1. The Bertz CT molecular complexity index is 1230. The Labute approximate surface area is 182 Å². The van der Waals surface area contributed by atoms with Gasteiger partial charge in [0.1, 0.15) is 5.75 Å². The summed E-state index contributed by atoms with van der Waals surface area (Å²) in [7, 11) is 0. The molecule has 0 saturated heterocycles. The molecule has 5 nitrogen and oxygen atoms in total. The second kappa shape index (κ2) is 9.47.